The predicted octanol–water partition coefficient (Wildman–Crippen LogP) is 0.646. The molecule has 2 rings (SSSR count). The fraction of sp³-hybridized carbons (Fsp3) is 0.200. The maximum absolute atomic E-state index is 11.7. The van der Waals surface area contributed by atoms with Gasteiger partial charge in [-0.25, -0.2) is 0 Å². The summed E-state index contributed by atoms with van der Waals surface area (Å²) < 4.78 is 0. The van der Waals surface area contributed by atoms with Crippen molar-refractivity contribution in [1.29, 1.82) is 0 Å². The van der Waals surface area contributed by atoms with E-state index in [1.807, 2.05) is 0 Å². The van der Waals surface area contributed by atoms with E-state index >= 15 is 0 Å². The van der Waals surface area contributed by atoms with Crippen LogP contribution in [-0.4, -0.2) is 23.1 Å². The Balaban J connectivity index is 2.44. The normalized spacial score (nSPS) is 15.0. The molecule has 0 saturated carbocycles. The van der Waals surface area contributed by atoms with Gasteiger partial charge in [-0.1, -0.05) is 12.1 Å². The Morgan fingerprint density at radius 3 is 2.76 bits per heavy atom. The number of rotatable bonds is 3. The molecule has 7 heteroatoms. The second-order valence-corrected chi connectivity index (χ2v) is 3.50. The summed E-state index contributed by atoms with van der Waals surface area (Å²) in [5, 5.41) is 15.8. The van der Waals surface area contributed by atoms with E-state index in [-0.39, 0.29) is 30.2 Å². The Kier molecular flexibility index (Phi) is 2.84. The van der Waals surface area contributed by atoms with Gasteiger partial charge in [0.05, 0.1) is 17.1 Å². The summed E-state index contributed by atoms with van der Waals surface area (Å²) in [6.45, 7) is 0.170. The molecular weight excluding hydrogens is 224 g/mol. The summed E-state index contributed by atoms with van der Waals surface area (Å²) in [5.74, 6) is -0.306. The van der Waals surface area contributed by atoms with E-state index in [9.17, 15) is 14.9 Å². The van der Waals surface area contributed by atoms with Crippen molar-refractivity contribution in [1.82, 2.24) is 0 Å². The van der Waals surface area contributed by atoms with Crippen LogP contribution in [0.3, 0.4) is 0 Å². The van der Waals surface area contributed by atoms with Gasteiger partial charge in [0.2, 0.25) is 0 Å². The van der Waals surface area contributed by atoms with Crippen molar-refractivity contribution >= 4 is 23.0 Å². The first-order chi connectivity index (χ1) is 8.13. The molecule has 0 aliphatic carbocycles. The minimum atomic E-state index is -0.543. The van der Waals surface area contributed by atoms with Crippen molar-refractivity contribution in [3.8, 4) is 0 Å². The molecule has 1 aromatic carbocycles. The van der Waals surface area contributed by atoms with Crippen LogP contribution in [0, 0.1) is 10.1 Å². The summed E-state index contributed by atoms with van der Waals surface area (Å²) in [6.07, 6.45) is 0.114. The standard InChI is InChI=1S/C10H10N4O3/c11-6-7-5-10(15)13(12-7)8-3-1-2-4-9(8)14(16)17/h1-4H,5-6,11H2. The average molecular weight is 234 g/mol. The van der Waals surface area contributed by atoms with E-state index in [1.54, 1.807) is 6.07 Å². The highest BCUT2D eigenvalue weighted by molar-refractivity contribution is 6.14. The Morgan fingerprint density at radius 1 is 1.47 bits per heavy atom. The molecule has 1 aliphatic rings. The number of nitrogens with zero attached hydrogens (tertiary/aromatic N) is 3. The first kappa shape index (κ1) is 11.2. The zero-order valence-electron chi connectivity index (χ0n) is 8.87. The SMILES string of the molecule is NCC1=NN(c2ccccc2[N+](=O)[O-])C(=O)C1. The molecule has 88 valence electrons. The van der Waals surface area contributed by atoms with E-state index in [4.69, 9.17) is 5.73 Å². The topological polar surface area (TPSA) is 102 Å². The van der Waals surface area contributed by atoms with Crippen LogP contribution >= 0.6 is 0 Å². The molecule has 1 aliphatic heterocycles. The summed E-state index contributed by atoms with van der Waals surface area (Å²) in [6, 6.07) is 5.97. The van der Waals surface area contributed by atoms with Crippen molar-refractivity contribution in [3.05, 3.63) is 34.4 Å². The lowest BCUT2D eigenvalue weighted by Gasteiger charge is -2.11. The van der Waals surface area contributed by atoms with Crippen molar-refractivity contribution in [2.75, 3.05) is 11.6 Å². The monoisotopic (exact) mass is 234 g/mol. The summed E-state index contributed by atoms with van der Waals surface area (Å²) >= 11 is 0. The van der Waals surface area contributed by atoms with Gasteiger partial charge in [0.25, 0.3) is 11.6 Å². The molecule has 1 heterocycles. The number of para-hydroxylation sites is 2. The molecule has 0 aromatic heterocycles. The average Bonchev–Trinajstić information content (AvgIpc) is 2.70. The van der Waals surface area contributed by atoms with Crippen molar-refractivity contribution in [2.24, 2.45) is 10.8 Å². The van der Waals surface area contributed by atoms with Gasteiger partial charge < -0.3 is 5.73 Å². The van der Waals surface area contributed by atoms with Crippen LogP contribution in [0.15, 0.2) is 29.4 Å². The molecule has 7 nitrogen and oxygen atoms in total. The molecule has 0 bridgehead atoms. The van der Waals surface area contributed by atoms with Crippen molar-refractivity contribution in [3.63, 3.8) is 0 Å². The Hall–Kier alpha value is -2.28. The second-order valence-electron chi connectivity index (χ2n) is 3.50. The number of nitro groups is 1. The van der Waals surface area contributed by atoms with Crippen LogP contribution in [0.2, 0.25) is 0 Å². The van der Waals surface area contributed by atoms with E-state index in [2.05, 4.69) is 5.10 Å². The van der Waals surface area contributed by atoms with Gasteiger partial charge >= 0.3 is 0 Å². The van der Waals surface area contributed by atoms with Crippen LogP contribution in [0.1, 0.15) is 6.42 Å². The van der Waals surface area contributed by atoms with Gasteiger partial charge in [-0.3, -0.25) is 14.9 Å². The van der Waals surface area contributed by atoms with Gasteiger partial charge in [0, 0.05) is 12.6 Å². The highest BCUT2D eigenvalue weighted by Gasteiger charge is 2.29. The Labute approximate surface area is 96.7 Å². The summed E-state index contributed by atoms with van der Waals surface area (Å²) in [5.41, 5.74) is 5.93. The van der Waals surface area contributed by atoms with Crippen LogP contribution in [0.5, 0.6) is 0 Å². The molecule has 1 amide bonds. The minimum Gasteiger partial charge on any atom is -0.325 e. The van der Waals surface area contributed by atoms with E-state index in [0.29, 0.717) is 5.71 Å². The summed E-state index contributed by atoms with van der Waals surface area (Å²) in [7, 11) is 0. The molecule has 0 spiro atoms. The fourth-order valence-electron chi connectivity index (χ4n) is 1.58. The number of nitro benzene ring substituents is 1. The Morgan fingerprint density at radius 2 is 2.18 bits per heavy atom. The maximum Gasteiger partial charge on any atom is 0.295 e. The first-order valence-corrected chi connectivity index (χ1v) is 4.96. The van der Waals surface area contributed by atoms with Gasteiger partial charge in [-0.05, 0) is 6.07 Å². The van der Waals surface area contributed by atoms with Gasteiger partial charge in [0.15, 0.2) is 0 Å². The number of amides is 1. The van der Waals surface area contributed by atoms with Crippen molar-refractivity contribution < 1.29 is 9.72 Å². The van der Waals surface area contributed by atoms with Crippen LogP contribution in [0.25, 0.3) is 0 Å². The lowest BCUT2D eigenvalue weighted by Crippen LogP contribution is -2.20. The maximum atomic E-state index is 11.7. The molecule has 2 N–H and O–H groups in total. The molecule has 0 saturated heterocycles. The number of hydrogen-bond acceptors (Lipinski definition) is 5. The number of carbonyl (C=O) groups is 1. The lowest BCUT2D eigenvalue weighted by atomic mass is 10.2. The van der Waals surface area contributed by atoms with E-state index in [1.165, 1.54) is 18.2 Å². The number of benzene rings is 1. The molecule has 1 aromatic rings. The third kappa shape index (κ3) is 2.00. The molecular formula is C10H10N4O3. The fourth-order valence-corrected chi connectivity index (χ4v) is 1.58. The number of carbonyl (C=O) groups excluding carboxylic acids is 1. The lowest BCUT2D eigenvalue weighted by molar-refractivity contribution is -0.384. The molecule has 0 atom stereocenters. The smallest absolute Gasteiger partial charge is 0.295 e. The Bertz CT molecular complexity index is 512. The zero-order chi connectivity index (χ0) is 12.4. The van der Waals surface area contributed by atoms with Gasteiger partial charge in [-0.15, -0.1) is 0 Å². The van der Waals surface area contributed by atoms with Gasteiger partial charge in [-0.2, -0.15) is 10.1 Å². The zero-order valence-corrected chi connectivity index (χ0v) is 8.87. The van der Waals surface area contributed by atoms with Crippen LogP contribution in [0.4, 0.5) is 11.4 Å². The molecule has 17 heavy (non-hydrogen) atoms. The van der Waals surface area contributed by atoms with E-state index in [0.717, 1.165) is 5.01 Å². The van der Waals surface area contributed by atoms with E-state index < -0.39 is 4.92 Å². The number of hydrogen-bond donors (Lipinski definition) is 1. The third-order valence-corrected chi connectivity index (χ3v) is 2.38. The van der Waals surface area contributed by atoms with Crippen LogP contribution < -0.4 is 10.7 Å². The predicted molar refractivity (Wildman–Crippen MR) is 61.7 cm³/mol. The van der Waals surface area contributed by atoms with Gasteiger partial charge in [0.1, 0.15) is 5.69 Å². The molecule has 0 fully saturated rings. The highest BCUT2D eigenvalue weighted by atomic mass is 16.6. The number of hydrazone groups is 1. The quantitative estimate of drug-likeness (QED) is 0.612. The number of nitrogens with two attached hydrogens (primary N) is 1. The van der Waals surface area contributed by atoms with Crippen LogP contribution in [-0.2, 0) is 4.79 Å². The summed E-state index contributed by atoms with van der Waals surface area (Å²) in [4.78, 5) is 21.9. The highest BCUT2D eigenvalue weighted by Crippen LogP contribution is 2.30. The molecule has 0 radical (unpaired) electrons. The van der Waals surface area contributed by atoms with Crippen molar-refractivity contribution in [2.45, 2.75) is 6.42 Å². The first-order valence-electron chi connectivity index (χ1n) is 4.96. The molecule has 0 unspecified atom stereocenters. The second kappa shape index (κ2) is 4.30. The third-order valence-electron chi connectivity index (χ3n) is 2.38. The largest absolute Gasteiger partial charge is 0.325 e. The minimum absolute atomic E-state index is 0.114. The number of anilines is 1.